The Morgan fingerprint density at radius 1 is 1.04 bits per heavy atom. The molecule has 0 unspecified atom stereocenters. The topological polar surface area (TPSA) is 92.5 Å². The third-order valence-electron chi connectivity index (χ3n) is 5.03. The zero-order valence-corrected chi connectivity index (χ0v) is 15.5. The molecule has 5 rings (SSSR count). The molecule has 138 valence electrons. The SMILES string of the molecule is Cc1nn(-c2nnc3c(n2)[nH]c2ccccc23)c(C)c1Cc1cccc(O)c1. The average molecular weight is 370 g/mol. The van der Waals surface area contributed by atoms with Crippen molar-refractivity contribution in [3.8, 4) is 11.7 Å². The largest absolute Gasteiger partial charge is 0.508 e. The number of aryl methyl sites for hydroxylation is 1. The average Bonchev–Trinajstić information content (AvgIpc) is 3.20. The molecular formula is C21H18N6O. The van der Waals surface area contributed by atoms with E-state index in [9.17, 15) is 5.11 Å². The van der Waals surface area contributed by atoms with Crippen LogP contribution in [0.3, 0.4) is 0 Å². The van der Waals surface area contributed by atoms with Crippen LogP contribution in [0.25, 0.3) is 28.0 Å². The molecule has 28 heavy (non-hydrogen) atoms. The lowest BCUT2D eigenvalue weighted by molar-refractivity contribution is 0.474. The molecule has 3 aromatic heterocycles. The number of nitrogens with zero attached hydrogens (tertiary/aromatic N) is 5. The summed E-state index contributed by atoms with van der Waals surface area (Å²) >= 11 is 0. The smallest absolute Gasteiger partial charge is 0.272 e. The molecule has 0 atom stereocenters. The number of phenolic OH excluding ortho intramolecular Hbond substituents is 1. The number of H-pyrrole nitrogens is 1. The van der Waals surface area contributed by atoms with Crippen molar-refractivity contribution in [2.45, 2.75) is 20.3 Å². The first kappa shape index (κ1) is 16.4. The van der Waals surface area contributed by atoms with E-state index in [1.54, 1.807) is 16.8 Å². The predicted molar refractivity (Wildman–Crippen MR) is 107 cm³/mol. The molecule has 0 radical (unpaired) electrons. The van der Waals surface area contributed by atoms with E-state index in [0.29, 0.717) is 18.0 Å². The van der Waals surface area contributed by atoms with Gasteiger partial charge < -0.3 is 10.1 Å². The van der Waals surface area contributed by atoms with Crippen LogP contribution in [0.5, 0.6) is 5.75 Å². The lowest BCUT2D eigenvalue weighted by Crippen LogP contribution is -2.06. The number of aromatic hydroxyl groups is 1. The van der Waals surface area contributed by atoms with Gasteiger partial charge in [0, 0.05) is 28.6 Å². The highest BCUT2D eigenvalue weighted by Gasteiger charge is 2.17. The molecule has 0 bridgehead atoms. The van der Waals surface area contributed by atoms with E-state index in [0.717, 1.165) is 38.9 Å². The van der Waals surface area contributed by atoms with Crippen molar-refractivity contribution in [1.29, 1.82) is 0 Å². The zero-order chi connectivity index (χ0) is 19.3. The molecule has 2 aromatic carbocycles. The van der Waals surface area contributed by atoms with Crippen LogP contribution in [0.4, 0.5) is 0 Å². The van der Waals surface area contributed by atoms with Crippen LogP contribution >= 0.6 is 0 Å². The summed E-state index contributed by atoms with van der Waals surface area (Å²) in [7, 11) is 0. The summed E-state index contributed by atoms with van der Waals surface area (Å²) < 4.78 is 1.73. The standard InChI is InChI=1S/C21H18N6O/c1-12-17(11-14-6-5-7-15(28)10-14)13(2)27(26-12)21-23-20-19(24-25-21)16-8-3-4-9-18(16)22-20/h3-10,28H,11H2,1-2H3,(H,22,23,25). The van der Waals surface area contributed by atoms with Crippen LogP contribution in [0.2, 0.25) is 0 Å². The minimum Gasteiger partial charge on any atom is -0.508 e. The monoisotopic (exact) mass is 370 g/mol. The highest BCUT2D eigenvalue weighted by molar-refractivity contribution is 6.03. The summed E-state index contributed by atoms with van der Waals surface area (Å²) in [4.78, 5) is 7.94. The van der Waals surface area contributed by atoms with Crippen LogP contribution in [0.1, 0.15) is 22.5 Å². The highest BCUT2D eigenvalue weighted by atomic mass is 16.3. The van der Waals surface area contributed by atoms with Crippen LogP contribution in [-0.2, 0) is 6.42 Å². The van der Waals surface area contributed by atoms with Gasteiger partial charge in [-0.1, -0.05) is 30.3 Å². The maximum absolute atomic E-state index is 9.72. The molecule has 0 fully saturated rings. The second-order valence-electron chi connectivity index (χ2n) is 6.89. The van der Waals surface area contributed by atoms with E-state index in [1.165, 1.54) is 0 Å². The number of nitrogens with one attached hydrogen (secondary N) is 1. The third-order valence-corrected chi connectivity index (χ3v) is 5.03. The van der Waals surface area contributed by atoms with Gasteiger partial charge in [0.2, 0.25) is 0 Å². The van der Waals surface area contributed by atoms with E-state index in [-0.39, 0.29) is 5.75 Å². The molecule has 2 N–H and O–H groups in total. The number of benzene rings is 2. The van der Waals surface area contributed by atoms with Crippen molar-refractivity contribution in [2.24, 2.45) is 0 Å². The Morgan fingerprint density at radius 3 is 2.75 bits per heavy atom. The summed E-state index contributed by atoms with van der Waals surface area (Å²) in [5, 5.41) is 24.1. The lowest BCUT2D eigenvalue weighted by atomic mass is 10.0. The van der Waals surface area contributed by atoms with Gasteiger partial charge in [-0.2, -0.15) is 10.1 Å². The van der Waals surface area contributed by atoms with Gasteiger partial charge in [0.25, 0.3) is 5.95 Å². The van der Waals surface area contributed by atoms with Gasteiger partial charge in [0.05, 0.1) is 5.69 Å². The Kier molecular flexibility index (Phi) is 3.61. The van der Waals surface area contributed by atoms with Crippen LogP contribution < -0.4 is 0 Å². The van der Waals surface area contributed by atoms with E-state index >= 15 is 0 Å². The van der Waals surface area contributed by atoms with Gasteiger partial charge in [-0.15, -0.1) is 10.2 Å². The first-order chi connectivity index (χ1) is 13.6. The molecule has 0 spiro atoms. The Bertz CT molecular complexity index is 1330. The van der Waals surface area contributed by atoms with Crippen molar-refractivity contribution >= 4 is 22.1 Å². The van der Waals surface area contributed by atoms with Crippen molar-refractivity contribution in [3.63, 3.8) is 0 Å². The van der Waals surface area contributed by atoms with E-state index in [1.807, 2.05) is 50.2 Å². The van der Waals surface area contributed by atoms with Crippen LogP contribution in [0, 0.1) is 13.8 Å². The fourth-order valence-electron chi connectivity index (χ4n) is 3.60. The van der Waals surface area contributed by atoms with Gasteiger partial charge in [-0.25, -0.2) is 4.68 Å². The molecule has 3 heterocycles. The summed E-state index contributed by atoms with van der Waals surface area (Å²) in [6.07, 6.45) is 0.675. The Balaban J connectivity index is 1.58. The normalized spacial score (nSPS) is 11.5. The molecule has 0 aliphatic carbocycles. The number of aromatic nitrogens is 6. The van der Waals surface area contributed by atoms with Gasteiger partial charge in [-0.3, -0.25) is 0 Å². The number of aromatic amines is 1. The summed E-state index contributed by atoms with van der Waals surface area (Å²) in [6.45, 7) is 3.97. The molecule has 5 aromatic rings. The second-order valence-corrected chi connectivity index (χ2v) is 6.89. The molecule has 0 saturated carbocycles. The molecular weight excluding hydrogens is 352 g/mol. The maximum atomic E-state index is 9.72. The van der Waals surface area contributed by atoms with Crippen molar-refractivity contribution in [2.75, 3.05) is 0 Å². The first-order valence-electron chi connectivity index (χ1n) is 9.04. The molecule has 7 nitrogen and oxygen atoms in total. The number of para-hydroxylation sites is 1. The summed E-state index contributed by atoms with van der Waals surface area (Å²) in [5.74, 6) is 0.693. The molecule has 0 aliphatic rings. The van der Waals surface area contributed by atoms with E-state index < -0.39 is 0 Å². The Hall–Kier alpha value is -3.74. The highest BCUT2D eigenvalue weighted by Crippen LogP contribution is 2.24. The van der Waals surface area contributed by atoms with Gasteiger partial charge in [0.1, 0.15) is 11.3 Å². The Morgan fingerprint density at radius 2 is 1.89 bits per heavy atom. The van der Waals surface area contributed by atoms with Crippen molar-refractivity contribution in [1.82, 2.24) is 29.9 Å². The third kappa shape index (κ3) is 2.60. The molecule has 0 aliphatic heterocycles. The zero-order valence-electron chi connectivity index (χ0n) is 15.5. The van der Waals surface area contributed by atoms with E-state index in [4.69, 9.17) is 0 Å². The van der Waals surface area contributed by atoms with Crippen LogP contribution in [0.15, 0.2) is 48.5 Å². The molecule has 0 saturated heterocycles. The number of rotatable bonds is 3. The van der Waals surface area contributed by atoms with Gasteiger partial charge in [0.15, 0.2) is 5.65 Å². The fourth-order valence-corrected chi connectivity index (χ4v) is 3.60. The lowest BCUT2D eigenvalue weighted by Gasteiger charge is -2.04. The second kappa shape index (κ2) is 6.16. The minimum atomic E-state index is 0.261. The number of phenols is 1. The minimum absolute atomic E-state index is 0.261. The summed E-state index contributed by atoms with van der Waals surface area (Å²) in [6, 6.07) is 15.2. The van der Waals surface area contributed by atoms with Gasteiger partial charge in [-0.05, 0) is 37.6 Å². The number of hydrogen-bond acceptors (Lipinski definition) is 5. The first-order valence-corrected chi connectivity index (χ1v) is 9.04. The van der Waals surface area contributed by atoms with E-state index in [2.05, 4.69) is 25.3 Å². The maximum Gasteiger partial charge on any atom is 0.272 e. The van der Waals surface area contributed by atoms with Crippen molar-refractivity contribution in [3.05, 3.63) is 71.0 Å². The Labute approximate surface area is 160 Å². The fraction of sp³-hybridized carbons (Fsp3) is 0.143. The molecule has 0 amide bonds. The number of hydrogen-bond donors (Lipinski definition) is 2. The summed E-state index contributed by atoms with van der Waals surface area (Å²) in [5.41, 5.74) is 6.39. The van der Waals surface area contributed by atoms with Gasteiger partial charge >= 0.3 is 0 Å². The quantitative estimate of drug-likeness (QED) is 0.506. The van der Waals surface area contributed by atoms with Crippen LogP contribution in [-0.4, -0.2) is 35.1 Å². The predicted octanol–water partition coefficient (Wildman–Crippen LogP) is 3.61. The van der Waals surface area contributed by atoms with Crippen molar-refractivity contribution < 1.29 is 5.11 Å². The molecule has 7 heteroatoms. The number of fused-ring (bicyclic) bond motifs is 3.